The van der Waals surface area contributed by atoms with Crippen molar-refractivity contribution >= 4 is 56.3 Å². The Kier molecular flexibility index (Phi) is 5.56. The van der Waals surface area contributed by atoms with E-state index in [4.69, 9.17) is 11.6 Å². The molecule has 1 aliphatic heterocycles. The van der Waals surface area contributed by atoms with Gasteiger partial charge in [0.05, 0.1) is 23.8 Å². The van der Waals surface area contributed by atoms with E-state index in [2.05, 4.69) is 36.2 Å². The van der Waals surface area contributed by atoms with Crippen molar-refractivity contribution in [3.05, 3.63) is 45.9 Å². The Balaban J connectivity index is 1.58. The SMILES string of the molecule is OC1CSC(Cn2cnc3c(NCc4cccc(Br)c4)nc(Cl)nc32)C1O. The molecule has 0 spiro atoms. The van der Waals surface area contributed by atoms with Gasteiger partial charge in [-0.2, -0.15) is 21.7 Å². The van der Waals surface area contributed by atoms with Crippen molar-refractivity contribution in [3.63, 3.8) is 0 Å². The molecule has 3 atom stereocenters. The average molecular weight is 471 g/mol. The lowest BCUT2D eigenvalue weighted by atomic mass is 10.1. The molecule has 3 aromatic rings. The molecular formula is C17H17BrClN5O2S. The number of benzene rings is 1. The number of fused-ring (bicyclic) bond motifs is 1. The maximum atomic E-state index is 10.1. The van der Waals surface area contributed by atoms with Crippen molar-refractivity contribution in [2.24, 2.45) is 0 Å². The van der Waals surface area contributed by atoms with Gasteiger partial charge in [0.15, 0.2) is 17.0 Å². The third-order valence-corrected chi connectivity index (χ3v) is 6.47. The predicted molar refractivity (Wildman–Crippen MR) is 110 cm³/mol. The van der Waals surface area contributed by atoms with Crippen LogP contribution in [0.2, 0.25) is 5.28 Å². The van der Waals surface area contributed by atoms with Crippen LogP contribution in [-0.4, -0.2) is 52.9 Å². The fourth-order valence-corrected chi connectivity index (χ4v) is 4.93. The third kappa shape index (κ3) is 4.07. The Labute approximate surface area is 173 Å². The molecule has 3 unspecified atom stereocenters. The molecule has 4 rings (SSSR count). The number of anilines is 1. The molecule has 10 heteroatoms. The van der Waals surface area contributed by atoms with Crippen LogP contribution < -0.4 is 5.32 Å². The molecule has 0 saturated carbocycles. The number of nitrogens with zero attached hydrogens (tertiary/aromatic N) is 4. The number of imidazole rings is 1. The first-order valence-electron chi connectivity index (χ1n) is 8.35. The fraction of sp³-hybridized carbons (Fsp3) is 0.353. The Morgan fingerprint density at radius 3 is 2.93 bits per heavy atom. The average Bonchev–Trinajstić information content (AvgIpc) is 3.18. The lowest BCUT2D eigenvalue weighted by Crippen LogP contribution is -2.31. The van der Waals surface area contributed by atoms with Crippen LogP contribution in [0.3, 0.4) is 0 Å². The van der Waals surface area contributed by atoms with E-state index in [-0.39, 0.29) is 10.5 Å². The number of aliphatic hydroxyl groups is 2. The van der Waals surface area contributed by atoms with E-state index in [0.29, 0.717) is 35.8 Å². The van der Waals surface area contributed by atoms with Gasteiger partial charge in [0.25, 0.3) is 0 Å². The van der Waals surface area contributed by atoms with Crippen molar-refractivity contribution in [2.45, 2.75) is 30.5 Å². The van der Waals surface area contributed by atoms with Gasteiger partial charge in [0.2, 0.25) is 5.28 Å². The molecule has 0 radical (unpaired) electrons. The van der Waals surface area contributed by atoms with Crippen LogP contribution in [0.5, 0.6) is 0 Å². The predicted octanol–water partition coefficient (Wildman–Crippen LogP) is 2.69. The zero-order chi connectivity index (χ0) is 19.0. The van der Waals surface area contributed by atoms with Gasteiger partial charge in [-0.05, 0) is 29.3 Å². The largest absolute Gasteiger partial charge is 0.390 e. The highest BCUT2D eigenvalue weighted by atomic mass is 79.9. The van der Waals surface area contributed by atoms with Gasteiger partial charge in [0, 0.05) is 23.3 Å². The maximum absolute atomic E-state index is 10.1. The number of nitrogens with one attached hydrogen (secondary N) is 1. The zero-order valence-corrected chi connectivity index (χ0v) is 17.2. The van der Waals surface area contributed by atoms with E-state index >= 15 is 0 Å². The molecule has 1 saturated heterocycles. The smallest absolute Gasteiger partial charge is 0.226 e. The quantitative estimate of drug-likeness (QED) is 0.493. The topological polar surface area (TPSA) is 96.1 Å². The summed E-state index contributed by atoms with van der Waals surface area (Å²) in [6.07, 6.45) is 0.201. The second-order valence-corrected chi connectivity index (χ2v) is 8.85. The van der Waals surface area contributed by atoms with E-state index in [1.807, 2.05) is 28.8 Å². The first-order valence-corrected chi connectivity index (χ1v) is 10.6. The normalized spacial score (nSPS) is 22.4. The van der Waals surface area contributed by atoms with E-state index in [9.17, 15) is 10.2 Å². The van der Waals surface area contributed by atoms with E-state index < -0.39 is 12.2 Å². The zero-order valence-electron chi connectivity index (χ0n) is 14.1. The Morgan fingerprint density at radius 2 is 2.19 bits per heavy atom. The van der Waals surface area contributed by atoms with Gasteiger partial charge in [-0.15, -0.1) is 0 Å². The number of halogens is 2. The Hall–Kier alpha value is -1.39. The van der Waals surface area contributed by atoms with Crippen molar-refractivity contribution < 1.29 is 10.2 Å². The molecule has 142 valence electrons. The lowest BCUT2D eigenvalue weighted by Gasteiger charge is -2.16. The fourth-order valence-electron chi connectivity index (χ4n) is 3.03. The Bertz CT molecular complexity index is 972. The number of aromatic nitrogens is 4. The van der Waals surface area contributed by atoms with Gasteiger partial charge in [-0.1, -0.05) is 28.1 Å². The summed E-state index contributed by atoms with van der Waals surface area (Å²) in [4.78, 5) is 13.0. The van der Waals surface area contributed by atoms with Crippen molar-refractivity contribution in [3.8, 4) is 0 Å². The molecule has 0 amide bonds. The number of rotatable bonds is 5. The van der Waals surface area contributed by atoms with Crippen molar-refractivity contribution in [1.82, 2.24) is 19.5 Å². The summed E-state index contributed by atoms with van der Waals surface area (Å²) in [6, 6.07) is 7.98. The van der Waals surface area contributed by atoms with Crippen LogP contribution in [0.15, 0.2) is 35.1 Å². The molecule has 0 aliphatic carbocycles. The van der Waals surface area contributed by atoms with Crippen LogP contribution in [0.1, 0.15) is 5.56 Å². The monoisotopic (exact) mass is 469 g/mol. The highest BCUT2D eigenvalue weighted by Crippen LogP contribution is 2.30. The highest BCUT2D eigenvalue weighted by Gasteiger charge is 2.34. The van der Waals surface area contributed by atoms with Crippen molar-refractivity contribution in [1.29, 1.82) is 0 Å². The molecule has 1 aromatic carbocycles. The second-order valence-electron chi connectivity index (χ2n) is 6.32. The van der Waals surface area contributed by atoms with Gasteiger partial charge in [0.1, 0.15) is 0 Å². The number of hydrogen-bond donors (Lipinski definition) is 3. The molecule has 3 N–H and O–H groups in total. The van der Waals surface area contributed by atoms with Gasteiger partial charge >= 0.3 is 0 Å². The highest BCUT2D eigenvalue weighted by molar-refractivity contribution is 9.10. The number of aliphatic hydroxyl groups excluding tert-OH is 2. The van der Waals surface area contributed by atoms with E-state index in [1.54, 1.807) is 6.33 Å². The lowest BCUT2D eigenvalue weighted by molar-refractivity contribution is 0.0396. The van der Waals surface area contributed by atoms with Crippen LogP contribution in [0, 0.1) is 0 Å². The first-order chi connectivity index (χ1) is 13.0. The minimum Gasteiger partial charge on any atom is -0.390 e. The number of hydrogen-bond acceptors (Lipinski definition) is 7. The summed E-state index contributed by atoms with van der Waals surface area (Å²) in [5.74, 6) is 1.08. The van der Waals surface area contributed by atoms with Gasteiger partial charge in [-0.3, -0.25) is 0 Å². The number of thioether (sulfide) groups is 1. The second kappa shape index (κ2) is 7.92. The summed E-state index contributed by atoms with van der Waals surface area (Å²) in [7, 11) is 0. The van der Waals surface area contributed by atoms with Crippen molar-refractivity contribution in [2.75, 3.05) is 11.1 Å². The minimum absolute atomic E-state index is 0.121. The van der Waals surface area contributed by atoms with E-state index in [1.165, 1.54) is 11.8 Å². The third-order valence-electron chi connectivity index (χ3n) is 4.42. The van der Waals surface area contributed by atoms with Crippen LogP contribution in [0.25, 0.3) is 11.2 Å². The van der Waals surface area contributed by atoms with Crippen LogP contribution in [0.4, 0.5) is 5.82 Å². The molecule has 1 fully saturated rings. The Morgan fingerprint density at radius 1 is 1.33 bits per heavy atom. The summed E-state index contributed by atoms with van der Waals surface area (Å²) in [5.41, 5.74) is 2.31. The van der Waals surface area contributed by atoms with E-state index in [0.717, 1.165) is 10.0 Å². The summed E-state index contributed by atoms with van der Waals surface area (Å²) >= 11 is 11.1. The van der Waals surface area contributed by atoms with Crippen LogP contribution in [-0.2, 0) is 13.1 Å². The molecule has 1 aliphatic rings. The molecule has 3 heterocycles. The molecule has 0 bridgehead atoms. The van der Waals surface area contributed by atoms with Crippen LogP contribution >= 0.6 is 39.3 Å². The molecular weight excluding hydrogens is 454 g/mol. The molecule has 7 nitrogen and oxygen atoms in total. The summed E-state index contributed by atoms with van der Waals surface area (Å²) in [5, 5.41) is 23.1. The molecule has 27 heavy (non-hydrogen) atoms. The summed E-state index contributed by atoms with van der Waals surface area (Å²) in [6.45, 7) is 1.05. The minimum atomic E-state index is -0.765. The maximum Gasteiger partial charge on any atom is 0.226 e. The van der Waals surface area contributed by atoms with Gasteiger partial charge in [-0.25, -0.2) is 4.98 Å². The van der Waals surface area contributed by atoms with Gasteiger partial charge < -0.3 is 20.1 Å². The summed E-state index contributed by atoms with van der Waals surface area (Å²) < 4.78 is 2.85. The standard InChI is InChI=1S/C17H17BrClN5O2S/c18-10-3-1-2-9(4-10)5-20-15-13-16(23-17(19)22-15)24(8-21-13)6-12-14(26)11(25)7-27-12/h1-4,8,11-12,14,25-26H,5-7H2,(H,20,22,23). The molecule has 2 aromatic heterocycles. The first kappa shape index (κ1) is 18.9.